The number of rotatable bonds is 7. The number of carbonyl (C=O) groups excluding carboxylic acids is 1. The Kier molecular flexibility index (Phi) is 6.52. The fourth-order valence-corrected chi connectivity index (χ4v) is 3.86. The minimum Gasteiger partial charge on any atom is -0.497 e. The average molecular weight is 421 g/mol. The van der Waals surface area contributed by atoms with E-state index in [1.165, 1.54) is 0 Å². The number of benzene rings is 2. The zero-order valence-corrected chi connectivity index (χ0v) is 18.0. The maximum Gasteiger partial charge on any atom is 0.227 e. The van der Waals surface area contributed by atoms with Gasteiger partial charge in [0.1, 0.15) is 11.5 Å². The van der Waals surface area contributed by atoms with Crippen molar-refractivity contribution in [2.75, 3.05) is 40.4 Å². The van der Waals surface area contributed by atoms with Crippen molar-refractivity contribution in [1.82, 2.24) is 20.0 Å². The van der Waals surface area contributed by atoms with E-state index in [9.17, 15) is 4.79 Å². The number of hydrogen-bond donors (Lipinski definition) is 1. The van der Waals surface area contributed by atoms with Crippen molar-refractivity contribution in [3.05, 3.63) is 65.9 Å². The molecule has 1 aliphatic rings. The number of hydrogen-bond acceptors (Lipinski definition) is 5. The Morgan fingerprint density at radius 2 is 1.55 bits per heavy atom. The second kappa shape index (κ2) is 9.66. The molecule has 31 heavy (non-hydrogen) atoms. The molecule has 1 N–H and O–H groups in total. The number of nitrogens with zero attached hydrogens (tertiary/aromatic N) is 3. The first-order valence-corrected chi connectivity index (χ1v) is 10.5. The van der Waals surface area contributed by atoms with E-state index in [1.807, 2.05) is 59.6 Å². The average Bonchev–Trinajstić information content (AvgIpc) is 3.28. The molecule has 1 aliphatic heterocycles. The van der Waals surface area contributed by atoms with Crippen LogP contribution in [0, 0.1) is 0 Å². The van der Waals surface area contributed by atoms with Crippen LogP contribution in [0.3, 0.4) is 0 Å². The van der Waals surface area contributed by atoms with Gasteiger partial charge < -0.3 is 14.4 Å². The molecule has 1 fully saturated rings. The van der Waals surface area contributed by atoms with Crippen LogP contribution in [0.5, 0.6) is 11.5 Å². The predicted octanol–water partition coefficient (Wildman–Crippen LogP) is 2.98. The molecule has 3 aromatic rings. The van der Waals surface area contributed by atoms with Crippen molar-refractivity contribution < 1.29 is 14.3 Å². The quantitative estimate of drug-likeness (QED) is 0.636. The fourth-order valence-electron chi connectivity index (χ4n) is 3.86. The molecule has 1 amide bonds. The number of aromatic amines is 1. The standard InChI is InChI=1S/C24H28N4O3/c1-30-21-7-3-18(4-8-21)15-23(29)28-13-11-27(12-14-28)17-20-16-25-26-24(20)19-5-9-22(31-2)10-6-19/h3-10,16H,11-15,17H2,1-2H3,(H,25,26). The molecular weight excluding hydrogens is 392 g/mol. The first-order valence-electron chi connectivity index (χ1n) is 10.5. The number of amides is 1. The molecular formula is C24H28N4O3. The van der Waals surface area contributed by atoms with Crippen LogP contribution in [0.1, 0.15) is 11.1 Å². The van der Waals surface area contributed by atoms with Crippen molar-refractivity contribution in [2.24, 2.45) is 0 Å². The van der Waals surface area contributed by atoms with E-state index >= 15 is 0 Å². The summed E-state index contributed by atoms with van der Waals surface area (Å²) in [6, 6.07) is 15.7. The monoisotopic (exact) mass is 420 g/mol. The summed E-state index contributed by atoms with van der Waals surface area (Å²) in [7, 11) is 3.31. The smallest absolute Gasteiger partial charge is 0.227 e. The van der Waals surface area contributed by atoms with E-state index in [1.54, 1.807) is 14.2 Å². The lowest BCUT2D eigenvalue weighted by atomic mass is 10.1. The second-order valence-electron chi connectivity index (χ2n) is 7.68. The summed E-state index contributed by atoms with van der Waals surface area (Å²) in [5.74, 6) is 1.81. The highest BCUT2D eigenvalue weighted by atomic mass is 16.5. The van der Waals surface area contributed by atoms with Crippen LogP contribution in [0.25, 0.3) is 11.3 Å². The highest BCUT2D eigenvalue weighted by molar-refractivity contribution is 5.79. The van der Waals surface area contributed by atoms with Crippen LogP contribution in [0.2, 0.25) is 0 Å². The highest BCUT2D eigenvalue weighted by Gasteiger charge is 2.22. The Balaban J connectivity index is 1.31. The summed E-state index contributed by atoms with van der Waals surface area (Å²) >= 11 is 0. The van der Waals surface area contributed by atoms with Crippen LogP contribution in [-0.2, 0) is 17.8 Å². The molecule has 0 atom stereocenters. The Hall–Kier alpha value is -3.32. The molecule has 0 bridgehead atoms. The summed E-state index contributed by atoms with van der Waals surface area (Å²) in [6.07, 6.45) is 2.31. The van der Waals surface area contributed by atoms with E-state index in [0.717, 1.165) is 66.6 Å². The number of nitrogens with one attached hydrogen (secondary N) is 1. The van der Waals surface area contributed by atoms with Gasteiger partial charge in [-0.25, -0.2) is 0 Å². The summed E-state index contributed by atoms with van der Waals surface area (Å²) < 4.78 is 10.4. The van der Waals surface area contributed by atoms with Crippen LogP contribution in [-0.4, -0.2) is 66.3 Å². The minimum absolute atomic E-state index is 0.173. The van der Waals surface area contributed by atoms with Gasteiger partial charge in [-0.05, 0) is 42.0 Å². The molecule has 0 saturated carbocycles. The Morgan fingerprint density at radius 3 is 2.16 bits per heavy atom. The zero-order chi connectivity index (χ0) is 21.6. The maximum absolute atomic E-state index is 12.7. The predicted molar refractivity (Wildman–Crippen MR) is 119 cm³/mol. The van der Waals surface area contributed by atoms with Crippen LogP contribution < -0.4 is 9.47 Å². The largest absolute Gasteiger partial charge is 0.497 e. The molecule has 0 radical (unpaired) electrons. The number of methoxy groups -OCH3 is 2. The van der Waals surface area contributed by atoms with Gasteiger partial charge in [0.2, 0.25) is 5.91 Å². The lowest BCUT2D eigenvalue weighted by molar-refractivity contribution is -0.132. The number of ether oxygens (including phenoxy) is 2. The van der Waals surface area contributed by atoms with Crippen molar-refractivity contribution in [3.63, 3.8) is 0 Å². The van der Waals surface area contributed by atoms with Crippen LogP contribution >= 0.6 is 0 Å². The molecule has 0 spiro atoms. The zero-order valence-electron chi connectivity index (χ0n) is 18.0. The van der Waals surface area contributed by atoms with Gasteiger partial charge in [0, 0.05) is 43.9 Å². The van der Waals surface area contributed by atoms with Gasteiger partial charge in [-0.2, -0.15) is 5.10 Å². The van der Waals surface area contributed by atoms with Gasteiger partial charge in [0.05, 0.1) is 32.5 Å². The molecule has 4 rings (SSSR count). The maximum atomic E-state index is 12.7. The van der Waals surface area contributed by atoms with E-state index in [2.05, 4.69) is 15.1 Å². The normalized spacial score (nSPS) is 14.5. The summed E-state index contributed by atoms with van der Waals surface area (Å²) in [6.45, 7) is 3.98. The first kappa shape index (κ1) is 20.9. The van der Waals surface area contributed by atoms with Crippen molar-refractivity contribution in [1.29, 1.82) is 0 Å². The van der Waals surface area contributed by atoms with Gasteiger partial charge in [-0.15, -0.1) is 0 Å². The summed E-state index contributed by atoms with van der Waals surface area (Å²) in [5, 5.41) is 7.37. The highest BCUT2D eigenvalue weighted by Crippen LogP contribution is 2.25. The third kappa shape index (κ3) is 5.06. The number of H-pyrrole nitrogens is 1. The van der Waals surface area contributed by atoms with Gasteiger partial charge >= 0.3 is 0 Å². The minimum atomic E-state index is 0.173. The fraction of sp³-hybridized carbons (Fsp3) is 0.333. The SMILES string of the molecule is COc1ccc(CC(=O)N2CCN(Cc3cn[nH]c3-c3ccc(OC)cc3)CC2)cc1. The molecule has 162 valence electrons. The summed E-state index contributed by atoms with van der Waals surface area (Å²) in [4.78, 5) is 17.0. The lowest BCUT2D eigenvalue weighted by Crippen LogP contribution is -2.48. The molecule has 0 unspecified atom stereocenters. The number of carbonyl (C=O) groups is 1. The molecule has 7 nitrogen and oxygen atoms in total. The van der Waals surface area contributed by atoms with Crippen molar-refractivity contribution in [3.8, 4) is 22.8 Å². The van der Waals surface area contributed by atoms with Gasteiger partial charge in [-0.1, -0.05) is 12.1 Å². The molecule has 2 heterocycles. The van der Waals surface area contributed by atoms with E-state index < -0.39 is 0 Å². The first-order chi connectivity index (χ1) is 15.2. The van der Waals surface area contributed by atoms with Crippen molar-refractivity contribution >= 4 is 5.91 Å². The Morgan fingerprint density at radius 1 is 0.935 bits per heavy atom. The van der Waals surface area contributed by atoms with Crippen molar-refractivity contribution in [2.45, 2.75) is 13.0 Å². The van der Waals surface area contributed by atoms with E-state index in [4.69, 9.17) is 9.47 Å². The van der Waals surface area contributed by atoms with Gasteiger partial charge in [0.15, 0.2) is 0 Å². The third-order valence-corrected chi connectivity index (χ3v) is 5.73. The van der Waals surface area contributed by atoms with Crippen LogP contribution in [0.4, 0.5) is 0 Å². The number of aromatic nitrogens is 2. The third-order valence-electron chi connectivity index (χ3n) is 5.73. The molecule has 2 aromatic carbocycles. The molecule has 0 aliphatic carbocycles. The molecule has 1 aromatic heterocycles. The number of piperazine rings is 1. The molecule has 1 saturated heterocycles. The van der Waals surface area contributed by atoms with E-state index in [-0.39, 0.29) is 5.91 Å². The van der Waals surface area contributed by atoms with Gasteiger partial charge in [0.25, 0.3) is 0 Å². The second-order valence-corrected chi connectivity index (χ2v) is 7.68. The van der Waals surface area contributed by atoms with E-state index in [0.29, 0.717) is 6.42 Å². The molecule has 7 heteroatoms. The Bertz CT molecular complexity index is 990. The lowest BCUT2D eigenvalue weighted by Gasteiger charge is -2.34. The Labute approximate surface area is 182 Å². The summed E-state index contributed by atoms with van der Waals surface area (Å²) in [5.41, 5.74) is 4.28. The van der Waals surface area contributed by atoms with Crippen LogP contribution in [0.15, 0.2) is 54.7 Å². The topological polar surface area (TPSA) is 70.7 Å². The van der Waals surface area contributed by atoms with Gasteiger partial charge in [-0.3, -0.25) is 14.8 Å².